The number of benzene rings is 5. The number of alkyl carbamates (subject to hydrolysis) is 2. The number of carbonyl (C=O) groups excluding carboxylic acids is 5. The van der Waals surface area contributed by atoms with Gasteiger partial charge in [0.15, 0.2) is 0 Å². The molecule has 0 saturated heterocycles. The lowest BCUT2D eigenvalue weighted by Crippen LogP contribution is -2.36. The molecule has 0 aliphatic carbocycles. The van der Waals surface area contributed by atoms with Crippen LogP contribution in [-0.4, -0.2) is 73.6 Å². The van der Waals surface area contributed by atoms with E-state index in [0.717, 1.165) is 5.56 Å². The Bertz CT molecular complexity index is 2330. The number of carboxylic acids is 1. The monoisotopic (exact) mass is 931 g/mol. The molecule has 0 saturated carbocycles. The molecule has 0 radical (unpaired) electrons. The maximum atomic E-state index is 14.0. The van der Waals surface area contributed by atoms with Crippen LogP contribution in [0.1, 0.15) is 53.5 Å². The quantitative estimate of drug-likeness (QED) is 0.0201. The summed E-state index contributed by atoms with van der Waals surface area (Å²) in [5.74, 6) is -18.5. The van der Waals surface area contributed by atoms with Crippen molar-refractivity contribution in [2.75, 3.05) is 20.2 Å². The number of hydrogen-bond acceptors (Lipinski definition) is 11. The van der Waals surface area contributed by atoms with Crippen LogP contribution in [0.3, 0.4) is 0 Å². The van der Waals surface area contributed by atoms with Crippen molar-refractivity contribution in [1.82, 2.24) is 10.6 Å². The van der Waals surface area contributed by atoms with Crippen LogP contribution in [0.5, 0.6) is 5.75 Å². The Morgan fingerprint density at radius 1 is 0.561 bits per heavy atom. The minimum atomic E-state index is -2.44. The molecule has 20 heteroatoms. The number of nitrogens with one attached hydrogen (secondary N) is 2. The first-order valence-corrected chi connectivity index (χ1v) is 18.9. The summed E-state index contributed by atoms with van der Waals surface area (Å²) in [4.78, 5) is 71.7. The van der Waals surface area contributed by atoms with Crippen LogP contribution in [0, 0.1) is 29.1 Å². The van der Waals surface area contributed by atoms with E-state index in [9.17, 15) is 55.1 Å². The lowest BCUT2D eigenvalue weighted by molar-refractivity contribution is -0.147. The van der Waals surface area contributed by atoms with E-state index in [1.807, 2.05) is 30.3 Å². The van der Waals surface area contributed by atoms with Crippen LogP contribution in [0.15, 0.2) is 121 Å². The van der Waals surface area contributed by atoms with E-state index in [1.165, 1.54) is 36.4 Å². The van der Waals surface area contributed by atoms with Crippen molar-refractivity contribution in [2.45, 2.75) is 45.7 Å². The summed E-state index contributed by atoms with van der Waals surface area (Å²) in [6.07, 6.45) is -5.41. The van der Waals surface area contributed by atoms with Gasteiger partial charge in [0.25, 0.3) is 0 Å². The summed E-state index contributed by atoms with van der Waals surface area (Å²) in [5, 5.41) is 13.9. The molecule has 5 aromatic carbocycles. The molecule has 0 fully saturated rings. The van der Waals surface area contributed by atoms with Gasteiger partial charge in [0.2, 0.25) is 47.0 Å². The third-order valence-electron chi connectivity index (χ3n) is 8.21. The molecule has 0 bridgehead atoms. The molecule has 3 N–H and O–H groups in total. The van der Waals surface area contributed by atoms with Crippen LogP contribution < -0.4 is 15.4 Å². The van der Waals surface area contributed by atoms with Crippen molar-refractivity contribution in [1.29, 1.82) is 0 Å². The average Bonchev–Trinajstić information content (AvgIpc) is 3.33. The predicted molar refractivity (Wildman–Crippen MR) is 223 cm³/mol. The molecule has 2 amide bonds. The Balaban J connectivity index is 0.000000451. The fraction of sp³-hybridized carbons (Fsp3) is 0.217. The molecule has 5 aromatic rings. The highest BCUT2D eigenvalue weighted by molar-refractivity contribution is 5.92. The number of hydrogen-bond donors (Lipinski definition) is 3. The van der Waals surface area contributed by atoms with E-state index < -0.39 is 96.7 Å². The number of rotatable bonds is 17. The van der Waals surface area contributed by atoms with E-state index in [1.54, 1.807) is 54.6 Å². The van der Waals surface area contributed by atoms with Gasteiger partial charge in [0.1, 0.15) is 13.2 Å². The summed E-state index contributed by atoms with van der Waals surface area (Å²) in [6, 6.07) is 33.1. The first-order valence-electron chi connectivity index (χ1n) is 19.6. The van der Waals surface area contributed by atoms with E-state index in [-0.39, 0.29) is 51.3 Å². The molecule has 0 heterocycles. The molecule has 0 aliphatic rings. The molecule has 5 rings (SSSR count). The Labute approximate surface area is 375 Å². The predicted octanol–water partition coefficient (Wildman–Crippen LogP) is 8.66. The Kier molecular flexibility index (Phi) is 22.8. The zero-order valence-corrected chi connectivity index (χ0v) is 33.9. The summed E-state index contributed by atoms with van der Waals surface area (Å²) in [5.41, 5.74) is 1.78. The first-order chi connectivity index (χ1) is 31.7. The van der Waals surface area contributed by atoms with Crippen molar-refractivity contribution >= 4 is 36.1 Å². The van der Waals surface area contributed by atoms with Gasteiger partial charge >= 0.3 is 36.1 Å². The zero-order valence-electron chi connectivity index (χ0n) is 34.9. The number of carbonyl (C=O) groups is 6. The highest BCUT2D eigenvalue weighted by atomic mass is 19.2. The van der Waals surface area contributed by atoms with Crippen molar-refractivity contribution in [3.8, 4) is 5.75 Å². The second-order valence-electron chi connectivity index (χ2n) is 12.7. The van der Waals surface area contributed by atoms with E-state index in [0.29, 0.717) is 5.56 Å². The minimum Gasteiger partial charge on any atom is -0.479 e. The van der Waals surface area contributed by atoms with Gasteiger partial charge in [-0.2, -0.15) is 8.78 Å². The second kappa shape index (κ2) is 28.7. The molecule has 2 atom stereocenters. The normalized spacial score (nSPS) is 11.1. The largest absolute Gasteiger partial charge is 0.479 e. The summed E-state index contributed by atoms with van der Waals surface area (Å²) < 4.78 is 108. The number of halogens is 6. The van der Waals surface area contributed by atoms with E-state index >= 15 is 0 Å². The topological polar surface area (TPSA) is 193 Å². The van der Waals surface area contributed by atoms with Gasteiger partial charge < -0.3 is 39.4 Å². The van der Waals surface area contributed by atoms with Crippen molar-refractivity contribution < 1.29 is 85.3 Å². The second-order valence-corrected chi connectivity index (χ2v) is 12.7. The van der Waals surface area contributed by atoms with Gasteiger partial charge in [-0.25, -0.2) is 41.9 Å². The fourth-order valence-corrected chi connectivity index (χ4v) is 5.00. The Morgan fingerprint density at radius 3 is 1.27 bits per heavy atom. The van der Waals surface area contributed by atoms with Gasteiger partial charge in [0.05, 0.1) is 19.7 Å². The van der Waals surface area contributed by atoms with Crippen LogP contribution in [0.2, 0.25) is 0 Å². The molecule has 0 aliphatic heterocycles. The molecule has 0 aromatic heterocycles. The molecular formula is C46H44F6N2O12. The van der Waals surface area contributed by atoms with E-state index in [4.69, 9.17) is 25.4 Å². The van der Waals surface area contributed by atoms with Crippen LogP contribution in [0.25, 0.3) is 0 Å². The highest BCUT2D eigenvalue weighted by Gasteiger charge is 2.32. The van der Waals surface area contributed by atoms with Crippen molar-refractivity contribution in [2.24, 2.45) is 0 Å². The highest BCUT2D eigenvalue weighted by Crippen LogP contribution is 2.30. The third kappa shape index (κ3) is 17.7. The van der Waals surface area contributed by atoms with Gasteiger partial charge in [-0.05, 0) is 35.4 Å². The van der Waals surface area contributed by atoms with E-state index in [2.05, 4.69) is 15.4 Å². The van der Waals surface area contributed by atoms with Crippen LogP contribution >= 0.6 is 0 Å². The summed E-state index contributed by atoms with van der Waals surface area (Å²) in [6.45, 7) is -0.321. The minimum absolute atomic E-state index is 0. The number of amides is 2. The molecule has 0 unspecified atom stereocenters. The molecule has 352 valence electrons. The number of alkyl halides is 1. The van der Waals surface area contributed by atoms with Gasteiger partial charge in [-0.15, -0.1) is 0 Å². The molecule has 0 spiro atoms. The molecule has 66 heavy (non-hydrogen) atoms. The summed E-state index contributed by atoms with van der Waals surface area (Å²) >= 11 is 0. The van der Waals surface area contributed by atoms with Crippen LogP contribution in [0.4, 0.5) is 35.9 Å². The first kappa shape index (κ1) is 52.4. The maximum Gasteiger partial charge on any atom is 0.407 e. The van der Waals surface area contributed by atoms with Crippen molar-refractivity contribution in [3.63, 3.8) is 0 Å². The zero-order chi connectivity index (χ0) is 48.4. The fourth-order valence-electron chi connectivity index (χ4n) is 5.00. The number of ether oxygens (including phenoxy) is 5. The summed E-state index contributed by atoms with van der Waals surface area (Å²) in [7, 11) is -1.00. The number of carboxylic acid groups (broad SMARTS) is 1. The number of esters is 3. The SMILES string of the molecule is C.O=C(NCC[C@H](OC(=O)c1ccccc1)C(=O)O)OCc1ccccc1.O=C(NCC[C@H](OC(=O)c1ccccc1)C(=O)Oc1c(F)c(F)c(F)c(F)c1F)OCc1ccccc1.[2H]CF. The lowest BCUT2D eigenvalue weighted by Gasteiger charge is -2.18. The van der Waals surface area contributed by atoms with Gasteiger partial charge in [-0.3, -0.25) is 4.39 Å². The lowest BCUT2D eigenvalue weighted by atomic mass is 10.2. The average molecular weight is 932 g/mol. The maximum absolute atomic E-state index is 14.0. The van der Waals surface area contributed by atoms with Crippen LogP contribution in [-0.2, 0) is 41.8 Å². The molecular weight excluding hydrogens is 886 g/mol. The standard InChI is InChI=1S/C25H18F5NO6.C19H19NO6.CH3F.CH4/c26-17-18(27)20(29)22(21(30)19(17)28)37-24(33)16(36-23(32)15-9-5-2-6-10-15)11-12-31-25(34)35-13-14-7-3-1-4-8-14;21-17(22)16(26-18(23)15-9-5-2-6-10-15)11-12-20-19(24)25-13-14-7-3-1-4-8-14;1-2;/h1-10,16H,11-13H2,(H,31,34);1-10,16H,11-13H2,(H,20,24)(H,21,22);1H3;1H4/t2*16-;;/m00../s1/i;;1D;. The number of aliphatic carboxylic acids is 1. The third-order valence-corrected chi connectivity index (χ3v) is 8.21. The Hall–Kier alpha value is -7.90. The Morgan fingerprint density at radius 2 is 0.894 bits per heavy atom. The molecule has 14 nitrogen and oxygen atoms in total. The van der Waals surface area contributed by atoms with Gasteiger partial charge in [0, 0.05) is 25.9 Å². The smallest absolute Gasteiger partial charge is 0.407 e. The van der Waals surface area contributed by atoms with Crippen molar-refractivity contribution in [3.05, 3.63) is 173 Å². The van der Waals surface area contributed by atoms with Gasteiger partial charge in [-0.1, -0.05) is 104 Å².